The Morgan fingerprint density at radius 2 is 2.00 bits per heavy atom. The molecule has 0 saturated carbocycles. The van der Waals surface area contributed by atoms with E-state index in [2.05, 4.69) is 41.0 Å². The van der Waals surface area contributed by atoms with Crippen LogP contribution in [0, 0.1) is 0 Å². The molecule has 2 aromatic rings. The topological polar surface area (TPSA) is 61.4 Å². The molecule has 5 nitrogen and oxygen atoms in total. The summed E-state index contributed by atoms with van der Waals surface area (Å²) in [7, 11) is 1.75. The number of fused-ring (bicyclic) bond motifs is 1. The Bertz CT molecular complexity index is 759. The third-order valence-corrected chi connectivity index (χ3v) is 4.47. The van der Waals surface area contributed by atoms with E-state index in [9.17, 15) is 9.59 Å². The van der Waals surface area contributed by atoms with Crippen LogP contribution in [0.1, 0.15) is 18.9 Å². The summed E-state index contributed by atoms with van der Waals surface area (Å²) in [5.74, 6) is -0.0210. The van der Waals surface area contributed by atoms with Crippen LogP contribution in [0.5, 0.6) is 0 Å². The lowest BCUT2D eigenvalue weighted by atomic mass is 10.0. The molecule has 0 aromatic heterocycles. The minimum absolute atomic E-state index is 0.0135. The molecule has 0 bridgehead atoms. The van der Waals surface area contributed by atoms with E-state index in [0.29, 0.717) is 13.0 Å². The third-order valence-electron chi connectivity index (χ3n) is 4.47. The first-order valence-corrected chi connectivity index (χ1v) is 8.32. The van der Waals surface area contributed by atoms with E-state index < -0.39 is 6.04 Å². The summed E-state index contributed by atoms with van der Waals surface area (Å²) < 4.78 is 0. The Balaban J connectivity index is 1.55. The highest BCUT2D eigenvalue weighted by atomic mass is 16.2. The van der Waals surface area contributed by atoms with Gasteiger partial charge in [0.05, 0.1) is 0 Å². The summed E-state index contributed by atoms with van der Waals surface area (Å²) in [4.78, 5) is 25.5. The molecule has 1 saturated heterocycles. The summed E-state index contributed by atoms with van der Waals surface area (Å²) in [5, 5.41) is 8.09. The van der Waals surface area contributed by atoms with Crippen LogP contribution in [0.4, 0.5) is 4.79 Å². The van der Waals surface area contributed by atoms with Crippen LogP contribution in [0.2, 0.25) is 0 Å². The lowest BCUT2D eigenvalue weighted by Crippen LogP contribution is -2.48. The van der Waals surface area contributed by atoms with Gasteiger partial charge in [0.2, 0.25) is 5.91 Å². The van der Waals surface area contributed by atoms with Gasteiger partial charge in [-0.05, 0) is 36.1 Å². The van der Waals surface area contributed by atoms with Gasteiger partial charge in [-0.25, -0.2) is 4.79 Å². The molecule has 2 N–H and O–H groups in total. The fraction of sp³-hybridized carbons (Fsp3) is 0.368. The fourth-order valence-corrected chi connectivity index (χ4v) is 3.15. The smallest absolute Gasteiger partial charge is 0.315 e. The van der Waals surface area contributed by atoms with E-state index in [4.69, 9.17) is 0 Å². The minimum atomic E-state index is -0.400. The number of likely N-dealkylation sites (N-methyl/N-ethyl adjacent to an activating group) is 1. The Hall–Kier alpha value is -2.56. The normalized spacial score (nSPS) is 18.7. The molecule has 0 radical (unpaired) electrons. The largest absolute Gasteiger partial charge is 0.344 e. The number of carbonyl (C=O) groups is 2. The molecule has 1 fully saturated rings. The van der Waals surface area contributed by atoms with Crippen molar-refractivity contribution in [2.75, 3.05) is 13.6 Å². The van der Waals surface area contributed by atoms with E-state index in [-0.39, 0.29) is 18.0 Å². The minimum Gasteiger partial charge on any atom is -0.344 e. The van der Waals surface area contributed by atoms with Crippen molar-refractivity contribution in [3.05, 3.63) is 48.0 Å². The highest BCUT2D eigenvalue weighted by Crippen LogP contribution is 2.16. The maximum atomic E-state index is 12.1. The van der Waals surface area contributed by atoms with Gasteiger partial charge in [-0.3, -0.25) is 4.79 Å². The lowest BCUT2D eigenvalue weighted by molar-refractivity contribution is -0.128. The van der Waals surface area contributed by atoms with Gasteiger partial charge in [0, 0.05) is 19.6 Å². The molecule has 0 spiro atoms. The average molecular weight is 325 g/mol. The van der Waals surface area contributed by atoms with Crippen LogP contribution >= 0.6 is 0 Å². The number of carbonyl (C=O) groups excluding carboxylic acids is 2. The van der Waals surface area contributed by atoms with Crippen LogP contribution in [0.15, 0.2) is 42.5 Å². The second-order valence-electron chi connectivity index (χ2n) is 6.51. The molecule has 3 rings (SSSR count). The molecular weight excluding hydrogens is 302 g/mol. The monoisotopic (exact) mass is 325 g/mol. The van der Waals surface area contributed by atoms with E-state index in [1.165, 1.54) is 16.3 Å². The summed E-state index contributed by atoms with van der Waals surface area (Å²) >= 11 is 0. The maximum absolute atomic E-state index is 12.1. The van der Waals surface area contributed by atoms with Crippen molar-refractivity contribution in [3.63, 3.8) is 0 Å². The molecule has 126 valence electrons. The maximum Gasteiger partial charge on any atom is 0.315 e. The zero-order chi connectivity index (χ0) is 17.1. The first-order valence-electron chi connectivity index (χ1n) is 8.32. The van der Waals surface area contributed by atoms with Crippen molar-refractivity contribution in [2.24, 2.45) is 0 Å². The summed E-state index contributed by atoms with van der Waals surface area (Å²) in [6, 6.07) is 13.9. The number of amides is 3. The van der Waals surface area contributed by atoms with Gasteiger partial charge in [-0.1, -0.05) is 42.5 Å². The quantitative estimate of drug-likeness (QED) is 0.906. The van der Waals surface area contributed by atoms with Crippen molar-refractivity contribution in [2.45, 2.75) is 31.8 Å². The van der Waals surface area contributed by atoms with Gasteiger partial charge in [0.25, 0.3) is 0 Å². The van der Waals surface area contributed by atoms with Crippen molar-refractivity contribution < 1.29 is 9.59 Å². The first-order chi connectivity index (χ1) is 11.5. The number of nitrogens with one attached hydrogen (secondary N) is 2. The number of urea groups is 1. The van der Waals surface area contributed by atoms with Crippen LogP contribution in [0.25, 0.3) is 10.8 Å². The number of rotatable bonds is 4. The van der Waals surface area contributed by atoms with E-state index in [1.54, 1.807) is 11.9 Å². The zero-order valence-electron chi connectivity index (χ0n) is 14.1. The van der Waals surface area contributed by atoms with Gasteiger partial charge in [0.1, 0.15) is 6.04 Å². The van der Waals surface area contributed by atoms with Gasteiger partial charge in [-0.15, -0.1) is 0 Å². The van der Waals surface area contributed by atoms with Crippen molar-refractivity contribution in [1.29, 1.82) is 0 Å². The Kier molecular flexibility index (Phi) is 4.69. The van der Waals surface area contributed by atoms with E-state index in [0.717, 1.165) is 6.42 Å². The van der Waals surface area contributed by atoms with Crippen molar-refractivity contribution in [1.82, 2.24) is 15.5 Å². The van der Waals surface area contributed by atoms with Crippen molar-refractivity contribution in [3.8, 4) is 0 Å². The predicted octanol–water partition coefficient (Wildman–Crippen LogP) is 2.30. The van der Waals surface area contributed by atoms with E-state index >= 15 is 0 Å². The predicted molar refractivity (Wildman–Crippen MR) is 94.8 cm³/mol. The van der Waals surface area contributed by atoms with Crippen LogP contribution in [0.3, 0.4) is 0 Å². The molecule has 2 aromatic carbocycles. The molecule has 24 heavy (non-hydrogen) atoms. The molecular formula is C19H23N3O2. The Morgan fingerprint density at radius 1 is 1.25 bits per heavy atom. The lowest BCUT2D eigenvalue weighted by Gasteiger charge is -2.17. The summed E-state index contributed by atoms with van der Waals surface area (Å²) in [6.45, 7) is 2.66. The molecule has 0 aliphatic carbocycles. The molecule has 2 atom stereocenters. The summed E-state index contributed by atoms with van der Waals surface area (Å²) in [6.07, 6.45) is 1.42. The van der Waals surface area contributed by atoms with Gasteiger partial charge in [0.15, 0.2) is 0 Å². The molecule has 1 aliphatic heterocycles. The van der Waals surface area contributed by atoms with Crippen LogP contribution in [-0.4, -0.2) is 42.5 Å². The molecule has 0 unspecified atom stereocenters. The molecule has 1 aliphatic rings. The second-order valence-corrected chi connectivity index (χ2v) is 6.51. The molecule has 5 heteroatoms. The highest BCUT2D eigenvalue weighted by Gasteiger charge is 2.30. The number of benzene rings is 2. The van der Waals surface area contributed by atoms with Gasteiger partial charge in [-0.2, -0.15) is 0 Å². The number of hydrogen-bond donors (Lipinski definition) is 2. The number of hydrogen-bond acceptors (Lipinski definition) is 2. The Morgan fingerprint density at radius 3 is 2.71 bits per heavy atom. The fourth-order valence-electron chi connectivity index (χ4n) is 3.15. The van der Waals surface area contributed by atoms with Gasteiger partial charge >= 0.3 is 6.03 Å². The SMILES string of the molecule is C[C@@H](Cc1ccc2ccccc2c1)NC(=O)N[C@H]1CCN(C)C1=O. The zero-order valence-corrected chi connectivity index (χ0v) is 14.1. The first kappa shape index (κ1) is 16.3. The second kappa shape index (κ2) is 6.91. The number of likely N-dealkylation sites (tertiary alicyclic amines) is 1. The van der Waals surface area contributed by atoms with Gasteiger partial charge < -0.3 is 15.5 Å². The van der Waals surface area contributed by atoms with E-state index in [1.807, 2.05) is 19.1 Å². The molecule has 3 amide bonds. The highest BCUT2D eigenvalue weighted by molar-refractivity contribution is 5.88. The van der Waals surface area contributed by atoms with Crippen molar-refractivity contribution >= 4 is 22.7 Å². The standard InChI is InChI=1S/C19H23N3O2/c1-13(20-19(24)21-17-9-10-22(2)18(17)23)11-14-7-8-15-5-3-4-6-16(15)12-14/h3-8,12-13,17H,9-11H2,1-2H3,(H2,20,21,24)/t13-,17-/m0/s1. The summed E-state index contributed by atoms with van der Waals surface area (Å²) in [5.41, 5.74) is 1.18. The average Bonchev–Trinajstić information content (AvgIpc) is 2.86. The van der Waals surface area contributed by atoms with Crippen LogP contribution in [-0.2, 0) is 11.2 Å². The van der Waals surface area contributed by atoms with Crippen LogP contribution < -0.4 is 10.6 Å². The third kappa shape index (κ3) is 3.67. The number of nitrogens with zero attached hydrogens (tertiary/aromatic N) is 1. The molecule has 1 heterocycles. The Labute approximate surface area is 142 Å².